The molecule has 2 aromatic carbocycles. The van der Waals surface area contributed by atoms with Crippen LogP contribution in [0, 0.1) is 5.82 Å². The first-order valence-electron chi connectivity index (χ1n) is 9.56. The van der Waals surface area contributed by atoms with E-state index in [4.69, 9.17) is 13.9 Å². The van der Waals surface area contributed by atoms with E-state index in [1.807, 2.05) is 6.07 Å². The summed E-state index contributed by atoms with van der Waals surface area (Å²) in [6, 6.07) is 14.2. The molecular weight excluding hydrogens is 389 g/mol. The summed E-state index contributed by atoms with van der Waals surface area (Å²) in [6.45, 7) is 0.639. The molecule has 6 nitrogen and oxygen atoms in total. The van der Waals surface area contributed by atoms with Crippen molar-refractivity contribution in [1.82, 2.24) is 0 Å². The normalized spacial score (nSPS) is 12.9. The van der Waals surface area contributed by atoms with E-state index >= 15 is 0 Å². The van der Waals surface area contributed by atoms with Gasteiger partial charge in [0.05, 0.1) is 12.7 Å². The predicted octanol–water partition coefficient (Wildman–Crippen LogP) is 4.38. The standard InChI is InChI=1S/C23H20FNO5/c1-28-23(27)19-4-2-6-20-18(19)5-3-13-25(20)22(26)21-12-11-17(30-21)14-29-16-9-7-15(24)8-10-16/h2,4,6-12H,3,5,13-14H2,1H3. The summed E-state index contributed by atoms with van der Waals surface area (Å²) in [5.41, 5.74) is 1.96. The number of halogens is 1. The third-order valence-electron chi connectivity index (χ3n) is 4.97. The Morgan fingerprint density at radius 3 is 2.67 bits per heavy atom. The predicted molar refractivity (Wildman–Crippen MR) is 107 cm³/mol. The third kappa shape index (κ3) is 3.91. The van der Waals surface area contributed by atoms with Crippen LogP contribution in [0.1, 0.15) is 38.7 Å². The van der Waals surface area contributed by atoms with E-state index in [1.165, 1.54) is 31.4 Å². The highest BCUT2D eigenvalue weighted by molar-refractivity contribution is 6.06. The van der Waals surface area contributed by atoms with Crippen molar-refractivity contribution in [3.63, 3.8) is 0 Å². The van der Waals surface area contributed by atoms with Crippen LogP contribution in [-0.4, -0.2) is 25.5 Å². The van der Waals surface area contributed by atoms with Crippen molar-refractivity contribution in [2.75, 3.05) is 18.6 Å². The van der Waals surface area contributed by atoms with Crippen molar-refractivity contribution in [3.8, 4) is 5.75 Å². The van der Waals surface area contributed by atoms with Crippen LogP contribution in [0.2, 0.25) is 0 Å². The molecule has 1 aliphatic rings. The molecule has 0 unspecified atom stereocenters. The van der Waals surface area contributed by atoms with Crippen LogP contribution in [0.15, 0.2) is 59.0 Å². The van der Waals surface area contributed by atoms with Crippen LogP contribution in [0.5, 0.6) is 5.75 Å². The van der Waals surface area contributed by atoms with Crippen LogP contribution in [0.25, 0.3) is 0 Å². The molecule has 2 heterocycles. The Labute approximate surface area is 172 Å². The molecule has 0 radical (unpaired) electrons. The lowest BCUT2D eigenvalue weighted by molar-refractivity contribution is 0.0599. The number of amides is 1. The fourth-order valence-corrected chi connectivity index (χ4v) is 3.53. The topological polar surface area (TPSA) is 69.0 Å². The molecule has 154 valence electrons. The average molecular weight is 409 g/mol. The molecule has 1 aliphatic heterocycles. The third-order valence-corrected chi connectivity index (χ3v) is 4.97. The molecule has 0 N–H and O–H groups in total. The summed E-state index contributed by atoms with van der Waals surface area (Å²) in [7, 11) is 1.34. The highest BCUT2D eigenvalue weighted by Gasteiger charge is 2.28. The van der Waals surface area contributed by atoms with E-state index in [1.54, 1.807) is 29.2 Å². The quantitative estimate of drug-likeness (QED) is 0.585. The van der Waals surface area contributed by atoms with Gasteiger partial charge in [0, 0.05) is 12.2 Å². The highest BCUT2D eigenvalue weighted by Crippen LogP contribution is 2.31. The molecule has 0 spiro atoms. The van der Waals surface area contributed by atoms with Crippen molar-refractivity contribution in [2.45, 2.75) is 19.4 Å². The zero-order valence-corrected chi connectivity index (χ0v) is 16.4. The van der Waals surface area contributed by atoms with Gasteiger partial charge in [-0.3, -0.25) is 4.79 Å². The van der Waals surface area contributed by atoms with Crippen molar-refractivity contribution in [3.05, 3.63) is 83.1 Å². The number of carbonyl (C=O) groups is 2. The molecule has 0 bridgehead atoms. The molecule has 4 rings (SSSR count). The van der Waals surface area contributed by atoms with Gasteiger partial charge in [0.25, 0.3) is 5.91 Å². The fourth-order valence-electron chi connectivity index (χ4n) is 3.53. The van der Waals surface area contributed by atoms with Crippen molar-refractivity contribution >= 4 is 17.6 Å². The van der Waals surface area contributed by atoms with Gasteiger partial charge in [-0.1, -0.05) is 6.07 Å². The van der Waals surface area contributed by atoms with Gasteiger partial charge in [-0.05, 0) is 66.9 Å². The van der Waals surface area contributed by atoms with Crippen LogP contribution in [0.4, 0.5) is 10.1 Å². The Bertz CT molecular complexity index is 1070. The van der Waals surface area contributed by atoms with Gasteiger partial charge >= 0.3 is 5.97 Å². The SMILES string of the molecule is COC(=O)c1cccc2c1CCCN2C(=O)c1ccc(COc2ccc(F)cc2)o1. The summed E-state index contributed by atoms with van der Waals surface area (Å²) in [5, 5.41) is 0. The van der Waals surface area contributed by atoms with Crippen molar-refractivity contribution < 1.29 is 27.9 Å². The lowest BCUT2D eigenvalue weighted by atomic mass is 9.96. The Hall–Kier alpha value is -3.61. The molecule has 0 saturated carbocycles. The minimum Gasteiger partial charge on any atom is -0.486 e. The Morgan fingerprint density at radius 1 is 1.10 bits per heavy atom. The van der Waals surface area contributed by atoms with E-state index in [0.717, 1.165) is 12.0 Å². The second kappa shape index (κ2) is 8.41. The molecule has 7 heteroatoms. The molecule has 0 aliphatic carbocycles. The summed E-state index contributed by atoms with van der Waals surface area (Å²) >= 11 is 0. The average Bonchev–Trinajstić information content (AvgIpc) is 3.26. The Balaban J connectivity index is 1.51. The van der Waals surface area contributed by atoms with Gasteiger partial charge in [0.1, 0.15) is 23.9 Å². The van der Waals surface area contributed by atoms with Crippen LogP contribution < -0.4 is 9.64 Å². The van der Waals surface area contributed by atoms with Gasteiger partial charge in [-0.15, -0.1) is 0 Å². The maximum atomic E-state index is 13.1. The lowest BCUT2D eigenvalue weighted by Crippen LogP contribution is -2.36. The Morgan fingerprint density at radius 2 is 1.90 bits per heavy atom. The van der Waals surface area contributed by atoms with E-state index in [0.29, 0.717) is 35.7 Å². The van der Waals surface area contributed by atoms with Gasteiger partial charge in [0.15, 0.2) is 5.76 Å². The van der Waals surface area contributed by atoms with Crippen molar-refractivity contribution in [1.29, 1.82) is 0 Å². The van der Waals surface area contributed by atoms with E-state index in [-0.39, 0.29) is 24.1 Å². The fraction of sp³-hybridized carbons (Fsp3) is 0.217. The first kappa shape index (κ1) is 19.7. The second-order valence-corrected chi connectivity index (χ2v) is 6.86. The number of anilines is 1. The highest BCUT2D eigenvalue weighted by atomic mass is 19.1. The monoisotopic (exact) mass is 409 g/mol. The van der Waals surface area contributed by atoms with Gasteiger partial charge in [0.2, 0.25) is 0 Å². The number of esters is 1. The van der Waals surface area contributed by atoms with Gasteiger partial charge in [-0.25, -0.2) is 9.18 Å². The molecule has 30 heavy (non-hydrogen) atoms. The molecular formula is C23H20FNO5. The number of benzene rings is 2. The minimum atomic E-state index is -0.417. The second-order valence-electron chi connectivity index (χ2n) is 6.86. The smallest absolute Gasteiger partial charge is 0.338 e. The molecule has 1 aromatic heterocycles. The number of fused-ring (bicyclic) bond motifs is 1. The van der Waals surface area contributed by atoms with Crippen LogP contribution in [0.3, 0.4) is 0 Å². The van der Waals surface area contributed by atoms with E-state index in [9.17, 15) is 14.0 Å². The largest absolute Gasteiger partial charge is 0.486 e. The summed E-state index contributed by atoms with van der Waals surface area (Å²) in [6.07, 6.45) is 1.42. The summed E-state index contributed by atoms with van der Waals surface area (Å²) < 4.78 is 29.1. The molecule has 0 saturated heterocycles. The first-order chi connectivity index (χ1) is 14.6. The molecule has 3 aromatic rings. The number of ether oxygens (including phenoxy) is 2. The number of rotatable bonds is 5. The van der Waals surface area contributed by atoms with E-state index < -0.39 is 5.97 Å². The van der Waals surface area contributed by atoms with Crippen LogP contribution >= 0.6 is 0 Å². The zero-order valence-electron chi connectivity index (χ0n) is 16.4. The summed E-state index contributed by atoms with van der Waals surface area (Å²) in [4.78, 5) is 26.8. The maximum absolute atomic E-state index is 13.1. The molecule has 0 atom stereocenters. The Kier molecular flexibility index (Phi) is 5.52. The number of carbonyl (C=O) groups excluding carboxylic acids is 2. The number of furan rings is 1. The maximum Gasteiger partial charge on any atom is 0.338 e. The molecule has 0 fully saturated rings. The number of nitrogens with zero attached hydrogens (tertiary/aromatic N) is 1. The first-order valence-corrected chi connectivity index (χ1v) is 9.56. The van der Waals surface area contributed by atoms with Crippen molar-refractivity contribution in [2.24, 2.45) is 0 Å². The lowest BCUT2D eigenvalue weighted by Gasteiger charge is -2.29. The van der Waals surface area contributed by atoms with Gasteiger partial charge < -0.3 is 18.8 Å². The van der Waals surface area contributed by atoms with Gasteiger partial charge in [-0.2, -0.15) is 0 Å². The molecule has 1 amide bonds. The minimum absolute atomic E-state index is 0.113. The zero-order chi connectivity index (χ0) is 21.1. The number of hydrogen-bond acceptors (Lipinski definition) is 5. The summed E-state index contributed by atoms with van der Waals surface area (Å²) in [5.74, 6) is 0.115. The number of hydrogen-bond donors (Lipinski definition) is 0. The van der Waals surface area contributed by atoms with E-state index in [2.05, 4.69) is 0 Å². The van der Waals surface area contributed by atoms with Crippen LogP contribution in [-0.2, 0) is 17.8 Å². The number of methoxy groups -OCH3 is 1.